The van der Waals surface area contributed by atoms with Gasteiger partial charge in [-0.15, -0.1) is 0 Å². The first-order chi connectivity index (χ1) is 16.8. The van der Waals surface area contributed by atoms with Crippen molar-refractivity contribution in [2.24, 2.45) is 0 Å². The van der Waals surface area contributed by atoms with Gasteiger partial charge in [-0.05, 0) is 19.1 Å². The number of nitrogens with zero attached hydrogens (tertiary/aromatic N) is 5. The van der Waals surface area contributed by atoms with Crippen LogP contribution in [0, 0.1) is 0 Å². The molecule has 9 nitrogen and oxygen atoms in total. The first-order valence-electron chi connectivity index (χ1n) is 11.2. The second-order valence-corrected chi connectivity index (χ2v) is 8.84. The third kappa shape index (κ3) is 4.16. The number of nitrogens with one attached hydrogen (secondary N) is 1. The van der Waals surface area contributed by atoms with E-state index in [9.17, 15) is 18.0 Å². The zero-order chi connectivity index (χ0) is 24.9. The van der Waals surface area contributed by atoms with E-state index in [1.165, 1.54) is 15.6 Å². The SMILES string of the molecule is CC1Cc2cc(NC(=O)c3cnn4cccnc34)c(N3CC4C3CN4CC(F)(F)F)cc2O1.CO. The highest BCUT2D eigenvalue weighted by Gasteiger charge is 2.54. The van der Waals surface area contributed by atoms with Crippen LogP contribution in [-0.4, -0.2) is 81.6 Å². The minimum atomic E-state index is -4.20. The van der Waals surface area contributed by atoms with E-state index in [-0.39, 0.29) is 24.1 Å². The van der Waals surface area contributed by atoms with Gasteiger partial charge in [0.05, 0.1) is 30.2 Å². The molecular weight excluding hydrogens is 465 g/mol. The lowest BCUT2D eigenvalue weighted by Gasteiger charge is -2.63. The summed E-state index contributed by atoms with van der Waals surface area (Å²) in [5.74, 6) is 0.407. The summed E-state index contributed by atoms with van der Waals surface area (Å²) in [6.07, 6.45) is 1.32. The Hall–Kier alpha value is -3.38. The molecule has 2 saturated heterocycles. The van der Waals surface area contributed by atoms with Crippen LogP contribution in [0.25, 0.3) is 5.65 Å². The van der Waals surface area contributed by atoms with Gasteiger partial charge in [0, 0.05) is 56.7 Å². The first kappa shape index (κ1) is 23.4. The minimum absolute atomic E-state index is 0.0153. The van der Waals surface area contributed by atoms with Gasteiger partial charge in [0.25, 0.3) is 5.91 Å². The van der Waals surface area contributed by atoms with Crippen molar-refractivity contribution in [2.75, 3.05) is 37.0 Å². The molecule has 2 fully saturated rings. The van der Waals surface area contributed by atoms with Crippen LogP contribution in [0.15, 0.2) is 36.8 Å². The maximum Gasteiger partial charge on any atom is 0.401 e. The predicted octanol–water partition coefficient (Wildman–Crippen LogP) is 2.35. The van der Waals surface area contributed by atoms with E-state index in [2.05, 4.69) is 15.4 Å². The van der Waals surface area contributed by atoms with Gasteiger partial charge in [-0.25, -0.2) is 9.50 Å². The maximum atomic E-state index is 13.1. The first-order valence-corrected chi connectivity index (χ1v) is 11.2. The molecule has 0 saturated carbocycles. The molecule has 1 amide bonds. The average molecular weight is 490 g/mol. The van der Waals surface area contributed by atoms with Crippen LogP contribution in [0.2, 0.25) is 0 Å². The Labute approximate surface area is 199 Å². The van der Waals surface area contributed by atoms with E-state index in [0.29, 0.717) is 30.0 Å². The largest absolute Gasteiger partial charge is 0.490 e. The molecule has 3 aliphatic rings. The summed E-state index contributed by atoms with van der Waals surface area (Å²) in [6.45, 7) is 1.89. The summed E-state index contributed by atoms with van der Waals surface area (Å²) in [4.78, 5) is 20.9. The molecule has 3 aliphatic heterocycles. The maximum absolute atomic E-state index is 13.1. The van der Waals surface area contributed by atoms with Crippen LogP contribution in [0.1, 0.15) is 22.8 Å². The molecule has 6 rings (SSSR count). The fraction of sp³-hybridized carbons (Fsp3) is 0.435. The van der Waals surface area contributed by atoms with Crippen molar-refractivity contribution in [1.29, 1.82) is 0 Å². The minimum Gasteiger partial charge on any atom is -0.490 e. The molecule has 1 aromatic carbocycles. The molecule has 0 radical (unpaired) electrons. The highest BCUT2D eigenvalue weighted by Crippen LogP contribution is 2.45. The molecule has 186 valence electrons. The lowest BCUT2D eigenvalue weighted by molar-refractivity contribution is -0.170. The molecule has 3 unspecified atom stereocenters. The van der Waals surface area contributed by atoms with Gasteiger partial charge < -0.3 is 20.1 Å². The summed E-state index contributed by atoms with van der Waals surface area (Å²) in [7, 11) is 1.00. The van der Waals surface area contributed by atoms with Crippen LogP contribution in [0.3, 0.4) is 0 Å². The highest BCUT2D eigenvalue weighted by atomic mass is 19.4. The molecule has 2 aromatic heterocycles. The zero-order valence-corrected chi connectivity index (χ0v) is 19.2. The lowest BCUT2D eigenvalue weighted by atomic mass is 9.84. The summed E-state index contributed by atoms with van der Waals surface area (Å²) in [5, 5.41) is 14.2. The fourth-order valence-corrected chi connectivity index (χ4v) is 5.00. The molecule has 3 atom stereocenters. The van der Waals surface area contributed by atoms with E-state index >= 15 is 0 Å². The van der Waals surface area contributed by atoms with Crippen molar-refractivity contribution in [3.8, 4) is 5.75 Å². The number of fused-ring (bicyclic) bond motifs is 3. The lowest BCUT2D eigenvalue weighted by Crippen LogP contribution is -2.79. The van der Waals surface area contributed by atoms with Crippen LogP contribution < -0.4 is 15.0 Å². The average Bonchev–Trinajstić information content (AvgIpc) is 3.39. The smallest absolute Gasteiger partial charge is 0.401 e. The number of halogens is 3. The van der Waals surface area contributed by atoms with E-state index in [1.807, 2.05) is 24.0 Å². The normalized spacial score (nSPS) is 22.8. The molecule has 0 spiro atoms. The number of anilines is 2. The second kappa shape index (κ2) is 8.68. The van der Waals surface area contributed by atoms with E-state index in [0.717, 1.165) is 30.5 Å². The van der Waals surface area contributed by atoms with Crippen molar-refractivity contribution < 1.29 is 27.8 Å². The molecule has 0 bridgehead atoms. The Kier molecular flexibility index (Phi) is 5.80. The Balaban J connectivity index is 0.00000124. The Bertz CT molecular complexity index is 1260. The van der Waals surface area contributed by atoms with Gasteiger partial charge in [0.15, 0.2) is 5.65 Å². The molecule has 35 heavy (non-hydrogen) atoms. The molecule has 2 N–H and O–H groups in total. The van der Waals surface area contributed by atoms with Crippen molar-refractivity contribution in [1.82, 2.24) is 19.5 Å². The van der Waals surface area contributed by atoms with Crippen molar-refractivity contribution in [3.63, 3.8) is 0 Å². The Morgan fingerprint density at radius 1 is 1.26 bits per heavy atom. The number of rotatable bonds is 4. The van der Waals surface area contributed by atoms with E-state index in [4.69, 9.17) is 9.84 Å². The van der Waals surface area contributed by atoms with E-state index < -0.39 is 12.7 Å². The van der Waals surface area contributed by atoms with Gasteiger partial charge in [0.1, 0.15) is 17.4 Å². The van der Waals surface area contributed by atoms with Crippen LogP contribution in [0.4, 0.5) is 24.5 Å². The van der Waals surface area contributed by atoms with Crippen molar-refractivity contribution >= 4 is 22.9 Å². The molecule has 12 heteroatoms. The standard InChI is InChI=1S/C22H21F3N6O2.CH4O/c1-12-5-13-6-15(28-21(32)14-8-27-31-4-2-3-26-20(14)31)16(7-19(13)33-12)30-10-17-18(30)9-29(17)11-22(23,24)25;1-2/h2-4,6-8,12,17-18H,5,9-11H2,1H3,(H,28,32);2H,1H3. The molecular formula is C23H25F3N6O3. The Morgan fingerprint density at radius 3 is 2.77 bits per heavy atom. The van der Waals surface area contributed by atoms with E-state index in [1.54, 1.807) is 18.5 Å². The van der Waals surface area contributed by atoms with Crippen LogP contribution in [-0.2, 0) is 6.42 Å². The number of hydrogen-bond donors (Lipinski definition) is 2. The molecule has 5 heterocycles. The third-order valence-electron chi connectivity index (χ3n) is 6.60. The number of amides is 1. The fourth-order valence-electron chi connectivity index (χ4n) is 5.00. The number of piperazine rings is 1. The van der Waals surface area contributed by atoms with Crippen molar-refractivity contribution in [2.45, 2.75) is 37.7 Å². The van der Waals surface area contributed by atoms with Gasteiger partial charge >= 0.3 is 6.18 Å². The van der Waals surface area contributed by atoms with Crippen LogP contribution in [0.5, 0.6) is 5.75 Å². The molecule has 3 aromatic rings. The zero-order valence-electron chi connectivity index (χ0n) is 19.2. The highest BCUT2D eigenvalue weighted by molar-refractivity contribution is 6.09. The number of carbonyl (C=O) groups is 1. The van der Waals surface area contributed by atoms with Crippen LogP contribution >= 0.6 is 0 Å². The quantitative estimate of drug-likeness (QED) is 0.580. The number of ether oxygens (including phenoxy) is 1. The number of aliphatic hydroxyl groups is 1. The number of alkyl halides is 3. The topological polar surface area (TPSA) is 95.2 Å². The Morgan fingerprint density at radius 2 is 2.06 bits per heavy atom. The number of benzene rings is 1. The summed E-state index contributed by atoms with van der Waals surface area (Å²) in [6, 6.07) is 5.38. The summed E-state index contributed by atoms with van der Waals surface area (Å²) < 4.78 is 45.8. The van der Waals surface area contributed by atoms with Gasteiger partial charge in [-0.1, -0.05) is 0 Å². The number of aromatic nitrogens is 3. The number of hydrogen-bond acceptors (Lipinski definition) is 7. The van der Waals surface area contributed by atoms with Gasteiger partial charge in [-0.3, -0.25) is 9.69 Å². The second-order valence-electron chi connectivity index (χ2n) is 8.84. The molecule has 0 aliphatic carbocycles. The third-order valence-corrected chi connectivity index (χ3v) is 6.60. The predicted molar refractivity (Wildman–Crippen MR) is 122 cm³/mol. The number of likely N-dealkylation sites (tertiary alicyclic amines) is 1. The monoisotopic (exact) mass is 490 g/mol. The summed E-state index contributed by atoms with van der Waals surface area (Å²) in [5.41, 5.74) is 3.14. The van der Waals surface area contributed by atoms with Gasteiger partial charge in [-0.2, -0.15) is 18.3 Å². The number of aliphatic hydroxyl groups excluding tert-OH is 1. The summed E-state index contributed by atoms with van der Waals surface area (Å²) >= 11 is 0. The number of carbonyl (C=O) groups excluding carboxylic acids is 1. The van der Waals surface area contributed by atoms with Gasteiger partial charge in [0.2, 0.25) is 0 Å². The van der Waals surface area contributed by atoms with Crippen molar-refractivity contribution in [3.05, 3.63) is 47.9 Å².